The van der Waals surface area contributed by atoms with E-state index < -0.39 is 12.0 Å². The van der Waals surface area contributed by atoms with Crippen LogP contribution in [0.15, 0.2) is 24.3 Å². The molecule has 2 amide bonds. The van der Waals surface area contributed by atoms with Gasteiger partial charge in [0.05, 0.1) is 11.6 Å². The highest BCUT2D eigenvalue weighted by atomic mass is 16.4. The van der Waals surface area contributed by atoms with Gasteiger partial charge in [0.1, 0.15) is 0 Å². The number of carboxylic acid groups (broad SMARTS) is 1. The van der Waals surface area contributed by atoms with Gasteiger partial charge in [-0.1, -0.05) is 6.07 Å². The first-order valence-corrected chi connectivity index (χ1v) is 5.38. The lowest BCUT2D eigenvalue weighted by Crippen LogP contribution is -2.29. The Morgan fingerprint density at radius 2 is 2.17 bits per heavy atom. The van der Waals surface area contributed by atoms with Crippen LogP contribution in [0.25, 0.3) is 0 Å². The molecule has 0 bridgehead atoms. The maximum absolute atomic E-state index is 11.4. The molecule has 6 nitrogen and oxygen atoms in total. The summed E-state index contributed by atoms with van der Waals surface area (Å²) < 4.78 is 0. The third kappa shape index (κ3) is 4.99. The van der Waals surface area contributed by atoms with Crippen molar-refractivity contribution in [1.29, 1.82) is 5.26 Å². The van der Waals surface area contributed by atoms with Crippen molar-refractivity contribution in [3.8, 4) is 6.07 Å². The SMILES string of the molecule is N#Cc1cccc(NC(=O)NCCCC(=O)O)c1. The molecule has 1 rings (SSSR count). The van der Waals surface area contributed by atoms with E-state index in [4.69, 9.17) is 10.4 Å². The molecule has 0 saturated carbocycles. The van der Waals surface area contributed by atoms with E-state index in [1.54, 1.807) is 24.3 Å². The van der Waals surface area contributed by atoms with Crippen LogP contribution >= 0.6 is 0 Å². The smallest absolute Gasteiger partial charge is 0.319 e. The number of nitrogens with zero attached hydrogens (tertiary/aromatic N) is 1. The predicted octanol–water partition coefficient (Wildman–Crippen LogP) is 1.54. The van der Waals surface area contributed by atoms with Crippen LogP contribution in [-0.4, -0.2) is 23.7 Å². The Balaban J connectivity index is 2.35. The van der Waals surface area contributed by atoms with Crippen molar-refractivity contribution in [3.63, 3.8) is 0 Å². The van der Waals surface area contributed by atoms with Crippen molar-refractivity contribution < 1.29 is 14.7 Å². The topological polar surface area (TPSA) is 102 Å². The van der Waals surface area contributed by atoms with Gasteiger partial charge in [0, 0.05) is 18.7 Å². The van der Waals surface area contributed by atoms with E-state index in [9.17, 15) is 9.59 Å². The van der Waals surface area contributed by atoms with Crippen LogP contribution in [-0.2, 0) is 4.79 Å². The Hall–Kier alpha value is -2.55. The van der Waals surface area contributed by atoms with E-state index in [1.165, 1.54) is 0 Å². The summed E-state index contributed by atoms with van der Waals surface area (Å²) in [5.41, 5.74) is 0.975. The van der Waals surface area contributed by atoms with Crippen LogP contribution in [0, 0.1) is 11.3 Å². The van der Waals surface area contributed by atoms with E-state index in [0.29, 0.717) is 17.7 Å². The molecule has 0 unspecified atom stereocenters. The molecule has 0 aliphatic heterocycles. The third-order valence-corrected chi connectivity index (χ3v) is 2.10. The summed E-state index contributed by atoms with van der Waals surface area (Å²) >= 11 is 0. The third-order valence-electron chi connectivity index (χ3n) is 2.10. The molecule has 0 radical (unpaired) electrons. The number of carbonyl (C=O) groups is 2. The number of hydrogen-bond donors (Lipinski definition) is 3. The van der Waals surface area contributed by atoms with E-state index in [-0.39, 0.29) is 13.0 Å². The molecule has 0 atom stereocenters. The molecular formula is C12H13N3O3. The molecule has 0 aliphatic carbocycles. The Morgan fingerprint density at radius 1 is 1.39 bits per heavy atom. The van der Waals surface area contributed by atoms with Gasteiger partial charge in [0.15, 0.2) is 0 Å². The highest BCUT2D eigenvalue weighted by molar-refractivity contribution is 5.89. The average Bonchev–Trinajstić information content (AvgIpc) is 2.34. The number of benzene rings is 1. The summed E-state index contributed by atoms with van der Waals surface area (Å²) in [7, 11) is 0. The quantitative estimate of drug-likeness (QED) is 0.687. The van der Waals surface area contributed by atoms with Crippen molar-refractivity contribution >= 4 is 17.7 Å². The lowest BCUT2D eigenvalue weighted by atomic mass is 10.2. The van der Waals surface area contributed by atoms with Crippen LogP contribution in [0.2, 0.25) is 0 Å². The van der Waals surface area contributed by atoms with Gasteiger partial charge in [-0.25, -0.2) is 4.79 Å². The van der Waals surface area contributed by atoms with E-state index in [2.05, 4.69) is 10.6 Å². The second-order valence-corrected chi connectivity index (χ2v) is 3.57. The fourth-order valence-electron chi connectivity index (χ4n) is 1.28. The van der Waals surface area contributed by atoms with E-state index in [1.807, 2.05) is 6.07 Å². The average molecular weight is 247 g/mol. The Morgan fingerprint density at radius 3 is 2.83 bits per heavy atom. The van der Waals surface area contributed by atoms with Gasteiger partial charge < -0.3 is 15.7 Å². The normalized spacial score (nSPS) is 9.28. The molecule has 0 spiro atoms. The summed E-state index contributed by atoms with van der Waals surface area (Å²) in [5.74, 6) is -0.890. The van der Waals surface area contributed by atoms with E-state index in [0.717, 1.165) is 0 Å². The zero-order valence-corrected chi connectivity index (χ0v) is 9.64. The molecule has 0 aromatic heterocycles. The maximum atomic E-state index is 11.4. The lowest BCUT2D eigenvalue weighted by Gasteiger charge is -2.06. The summed E-state index contributed by atoms with van der Waals surface area (Å²) in [4.78, 5) is 21.7. The summed E-state index contributed by atoms with van der Waals surface area (Å²) in [6.07, 6.45) is 0.394. The first-order chi connectivity index (χ1) is 8.61. The van der Waals surface area contributed by atoms with Crippen molar-refractivity contribution in [2.75, 3.05) is 11.9 Å². The minimum absolute atomic E-state index is 0.0181. The molecule has 6 heteroatoms. The van der Waals surface area contributed by atoms with Crippen molar-refractivity contribution in [2.45, 2.75) is 12.8 Å². The largest absolute Gasteiger partial charge is 0.481 e. The van der Waals surface area contributed by atoms with Crippen LogP contribution < -0.4 is 10.6 Å². The minimum Gasteiger partial charge on any atom is -0.481 e. The van der Waals surface area contributed by atoms with Crippen LogP contribution in [0.3, 0.4) is 0 Å². The van der Waals surface area contributed by atoms with Crippen LogP contribution in [0.4, 0.5) is 10.5 Å². The number of urea groups is 1. The molecule has 0 fully saturated rings. The minimum atomic E-state index is -0.890. The van der Waals surface area contributed by atoms with Gasteiger partial charge in [0.2, 0.25) is 0 Å². The number of nitrogens with one attached hydrogen (secondary N) is 2. The zero-order valence-electron chi connectivity index (χ0n) is 9.64. The van der Waals surface area contributed by atoms with E-state index >= 15 is 0 Å². The number of carboxylic acids is 1. The molecule has 94 valence electrons. The molecule has 0 aliphatic rings. The summed E-state index contributed by atoms with van der Waals surface area (Å²) in [6, 6.07) is 8.06. The number of rotatable bonds is 5. The molecule has 18 heavy (non-hydrogen) atoms. The predicted molar refractivity (Wildman–Crippen MR) is 65.0 cm³/mol. The van der Waals surface area contributed by atoms with Gasteiger partial charge in [-0.05, 0) is 24.6 Å². The maximum Gasteiger partial charge on any atom is 0.319 e. The fraction of sp³-hybridized carbons (Fsp3) is 0.250. The van der Waals surface area contributed by atoms with Crippen LogP contribution in [0.1, 0.15) is 18.4 Å². The lowest BCUT2D eigenvalue weighted by molar-refractivity contribution is -0.137. The van der Waals surface area contributed by atoms with Gasteiger partial charge in [0.25, 0.3) is 0 Å². The number of carbonyl (C=O) groups excluding carboxylic acids is 1. The standard InChI is InChI=1S/C12H13N3O3/c13-8-9-3-1-4-10(7-9)15-12(18)14-6-2-5-11(16)17/h1,3-4,7H,2,5-6H2,(H,16,17)(H2,14,15,18). The summed E-state index contributed by atoms with van der Waals surface area (Å²) in [5, 5.41) is 22.2. The van der Waals surface area contributed by atoms with Gasteiger partial charge in [-0.3, -0.25) is 4.79 Å². The molecule has 0 saturated heterocycles. The second-order valence-electron chi connectivity index (χ2n) is 3.57. The number of amides is 2. The van der Waals surface area contributed by atoms with Gasteiger partial charge in [-0.2, -0.15) is 5.26 Å². The first-order valence-electron chi connectivity index (χ1n) is 5.38. The highest BCUT2D eigenvalue weighted by Gasteiger charge is 2.02. The number of hydrogen-bond acceptors (Lipinski definition) is 3. The van der Waals surface area contributed by atoms with Crippen molar-refractivity contribution in [2.24, 2.45) is 0 Å². The monoisotopic (exact) mass is 247 g/mol. The second kappa shape index (κ2) is 6.91. The zero-order chi connectivity index (χ0) is 13.4. The first kappa shape index (κ1) is 13.5. The summed E-state index contributed by atoms with van der Waals surface area (Å²) in [6.45, 7) is 0.288. The van der Waals surface area contributed by atoms with Crippen molar-refractivity contribution in [1.82, 2.24) is 5.32 Å². The molecular weight excluding hydrogens is 234 g/mol. The van der Waals surface area contributed by atoms with Gasteiger partial charge >= 0.3 is 12.0 Å². The van der Waals surface area contributed by atoms with Gasteiger partial charge in [-0.15, -0.1) is 0 Å². The Labute approximate surface area is 104 Å². The highest BCUT2D eigenvalue weighted by Crippen LogP contribution is 2.09. The number of aliphatic carboxylic acids is 1. The Kier molecular flexibility index (Phi) is 5.19. The fourth-order valence-corrected chi connectivity index (χ4v) is 1.28. The molecule has 1 aromatic rings. The van der Waals surface area contributed by atoms with Crippen molar-refractivity contribution in [3.05, 3.63) is 29.8 Å². The van der Waals surface area contributed by atoms with Crippen LogP contribution in [0.5, 0.6) is 0 Å². The number of nitriles is 1. The number of anilines is 1. The molecule has 0 heterocycles. The Bertz CT molecular complexity index is 480. The molecule has 1 aromatic carbocycles. The molecule has 3 N–H and O–H groups in total.